The monoisotopic (exact) mass is 479 g/mol. The number of nitrogens with zero attached hydrogens (tertiary/aromatic N) is 4. The van der Waals surface area contributed by atoms with Gasteiger partial charge in [-0.1, -0.05) is 47.6 Å². The Morgan fingerprint density at radius 3 is 2.58 bits per heavy atom. The second-order valence-corrected chi connectivity index (χ2v) is 9.02. The Kier molecular flexibility index (Phi) is 5.48. The maximum absolute atomic E-state index is 14.0. The van der Waals surface area contributed by atoms with Gasteiger partial charge in [-0.05, 0) is 36.6 Å². The standard InChI is InChI=1S/C28H25N5O3/c1-33-15-14-29-26(33)25(19-10-12-20(35-2)13-11-19)31-27(34)21-16-22(17-8-9-17)30-28-23(21)24(32-36-28)18-6-4-3-5-7-18/h3-7,10-17,25H,8-9H2,1-2H3,(H,31,34). The summed E-state index contributed by atoms with van der Waals surface area (Å²) in [6, 6.07) is 18.7. The van der Waals surface area contributed by atoms with E-state index in [1.54, 1.807) is 13.3 Å². The number of hydrogen-bond acceptors (Lipinski definition) is 6. The largest absolute Gasteiger partial charge is 0.497 e. The van der Waals surface area contributed by atoms with E-state index in [-0.39, 0.29) is 5.91 Å². The molecule has 1 saturated carbocycles. The molecule has 8 heteroatoms. The third-order valence-electron chi connectivity index (χ3n) is 6.59. The predicted octanol–water partition coefficient (Wildman–Crippen LogP) is 5.03. The highest BCUT2D eigenvalue weighted by Crippen LogP contribution is 2.41. The van der Waals surface area contributed by atoms with E-state index in [1.165, 1.54) is 0 Å². The quantitative estimate of drug-likeness (QED) is 0.352. The Balaban J connectivity index is 1.45. The van der Waals surface area contributed by atoms with Gasteiger partial charge in [0.25, 0.3) is 11.6 Å². The van der Waals surface area contributed by atoms with Crippen LogP contribution in [0.15, 0.2) is 77.6 Å². The molecule has 8 nitrogen and oxygen atoms in total. The van der Waals surface area contributed by atoms with E-state index < -0.39 is 6.04 Å². The van der Waals surface area contributed by atoms with Gasteiger partial charge in [-0.15, -0.1) is 0 Å². The first-order valence-electron chi connectivity index (χ1n) is 11.9. The van der Waals surface area contributed by atoms with Gasteiger partial charge in [0, 0.05) is 36.6 Å². The minimum Gasteiger partial charge on any atom is -0.497 e. The summed E-state index contributed by atoms with van der Waals surface area (Å²) in [7, 11) is 3.54. The van der Waals surface area contributed by atoms with E-state index in [1.807, 2.05) is 78.5 Å². The minimum atomic E-state index is -0.476. The van der Waals surface area contributed by atoms with E-state index >= 15 is 0 Å². The van der Waals surface area contributed by atoms with Gasteiger partial charge in [0.15, 0.2) is 0 Å². The number of hydrogen-bond donors (Lipinski definition) is 1. The summed E-state index contributed by atoms with van der Waals surface area (Å²) in [6.07, 6.45) is 5.70. The number of fused-ring (bicyclic) bond motifs is 1. The molecule has 1 aliphatic carbocycles. The van der Waals surface area contributed by atoms with Crippen LogP contribution in [0.3, 0.4) is 0 Å². The fraction of sp³-hybridized carbons (Fsp3) is 0.214. The number of nitrogens with one attached hydrogen (secondary N) is 1. The Bertz CT molecular complexity index is 1540. The maximum atomic E-state index is 14.0. The molecule has 36 heavy (non-hydrogen) atoms. The molecule has 0 aliphatic heterocycles. The molecule has 2 aromatic carbocycles. The van der Waals surface area contributed by atoms with E-state index in [0.29, 0.717) is 28.3 Å². The molecular formula is C28H25N5O3. The summed E-state index contributed by atoms with van der Waals surface area (Å²) < 4.78 is 12.9. The molecule has 5 aromatic rings. The summed E-state index contributed by atoms with van der Waals surface area (Å²) >= 11 is 0. The van der Waals surface area contributed by atoms with E-state index in [9.17, 15) is 4.79 Å². The molecule has 1 unspecified atom stereocenters. The van der Waals surface area contributed by atoms with Crippen LogP contribution in [0.5, 0.6) is 5.75 Å². The zero-order valence-electron chi connectivity index (χ0n) is 20.0. The molecule has 6 rings (SSSR count). The normalized spacial score (nSPS) is 14.1. The van der Waals surface area contributed by atoms with Crippen molar-refractivity contribution < 1.29 is 14.1 Å². The van der Waals surface area contributed by atoms with Gasteiger partial charge in [0.1, 0.15) is 23.3 Å². The maximum Gasteiger partial charge on any atom is 0.259 e. The van der Waals surface area contributed by atoms with Gasteiger partial charge < -0.3 is 19.1 Å². The molecule has 0 radical (unpaired) electrons. The Labute approximate surface area is 207 Å². The summed E-state index contributed by atoms with van der Waals surface area (Å²) in [5.74, 6) is 1.56. The molecule has 1 atom stereocenters. The Hall–Kier alpha value is -4.46. The number of ether oxygens (including phenoxy) is 1. The average molecular weight is 480 g/mol. The van der Waals surface area contributed by atoms with Crippen LogP contribution < -0.4 is 10.1 Å². The first-order valence-corrected chi connectivity index (χ1v) is 11.9. The second kappa shape index (κ2) is 8.96. The lowest BCUT2D eigenvalue weighted by Crippen LogP contribution is -2.31. The van der Waals surface area contributed by atoms with Crippen molar-refractivity contribution in [3.63, 3.8) is 0 Å². The number of aromatic nitrogens is 4. The molecule has 0 spiro atoms. The highest BCUT2D eigenvalue weighted by atomic mass is 16.5. The van der Waals surface area contributed by atoms with Gasteiger partial charge in [-0.2, -0.15) is 0 Å². The zero-order valence-corrected chi connectivity index (χ0v) is 20.0. The molecule has 3 aromatic heterocycles. The third-order valence-corrected chi connectivity index (χ3v) is 6.59. The third kappa shape index (κ3) is 4.00. The number of rotatable bonds is 7. The van der Waals surface area contributed by atoms with Crippen LogP contribution in [-0.2, 0) is 7.05 Å². The van der Waals surface area contributed by atoms with E-state index in [2.05, 4.69) is 15.5 Å². The number of amides is 1. The summed E-state index contributed by atoms with van der Waals surface area (Å²) in [4.78, 5) is 23.2. The fourth-order valence-corrected chi connectivity index (χ4v) is 4.49. The number of benzene rings is 2. The van der Waals surface area contributed by atoms with Gasteiger partial charge in [-0.3, -0.25) is 4.79 Å². The van der Waals surface area contributed by atoms with Gasteiger partial charge in [0.05, 0.1) is 18.1 Å². The number of carbonyl (C=O) groups is 1. The van der Waals surface area contributed by atoms with Gasteiger partial charge in [0.2, 0.25) is 0 Å². The average Bonchev–Trinajstić information content (AvgIpc) is 3.55. The predicted molar refractivity (Wildman–Crippen MR) is 135 cm³/mol. The van der Waals surface area contributed by atoms with Gasteiger partial charge in [-0.25, -0.2) is 9.97 Å². The summed E-state index contributed by atoms with van der Waals surface area (Å²) in [5.41, 5.74) is 4.09. The Morgan fingerprint density at radius 1 is 1.14 bits per heavy atom. The molecular weight excluding hydrogens is 454 g/mol. The van der Waals surface area contributed by atoms with Crippen LogP contribution in [0.4, 0.5) is 0 Å². The highest BCUT2D eigenvalue weighted by molar-refractivity contribution is 6.09. The van der Waals surface area contributed by atoms with Crippen LogP contribution in [0, 0.1) is 0 Å². The lowest BCUT2D eigenvalue weighted by molar-refractivity contribution is 0.0942. The highest BCUT2D eigenvalue weighted by Gasteiger charge is 2.30. The molecule has 0 saturated heterocycles. The van der Waals surface area contributed by atoms with Crippen molar-refractivity contribution in [1.29, 1.82) is 0 Å². The lowest BCUT2D eigenvalue weighted by Gasteiger charge is -2.20. The number of pyridine rings is 1. The first kappa shape index (κ1) is 22.0. The molecule has 3 heterocycles. The van der Waals surface area contributed by atoms with Crippen molar-refractivity contribution in [1.82, 2.24) is 25.0 Å². The van der Waals surface area contributed by atoms with Crippen LogP contribution in [0.25, 0.3) is 22.4 Å². The number of methoxy groups -OCH3 is 1. The van der Waals surface area contributed by atoms with Crippen molar-refractivity contribution in [3.8, 4) is 17.0 Å². The van der Waals surface area contributed by atoms with Crippen molar-refractivity contribution >= 4 is 17.0 Å². The molecule has 1 fully saturated rings. The number of aryl methyl sites for hydroxylation is 1. The molecule has 0 bridgehead atoms. The minimum absolute atomic E-state index is 0.242. The number of imidazole rings is 1. The zero-order chi connectivity index (χ0) is 24.6. The van der Waals surface area contributed by atoms with Gasteiger partial charge >= 0.3 is 0 Å². The Morgan fingerprint density at radius 2 is 1.92 bits per heavy atom. The van der Waals surface area contributed by atoms with Crippen molar-refractivity contribution in [2.75, 3.05) is 7.11 Å². The molecule has 1 N–H and O–H groups in total. The summed E-state index contributed by atoms with van der Waals surface area (Å²) in [6.45, 7) is 0. The second-order valence-electron chi connectivity index (χ2n) is 9.02. The molecule has 180 valence electrons. The SMILES string of the molecule is COc1ccc(C(NC(=O)c2cc(C3CC3)nc3onc(-c4ccccc4)c23)c2nccn2C)cc1. The van der Waals surface area contributed by atoms with Crippen LogP contribution in [0.2, 0.25) is 0 Å². The lowest BCUT2D eigenvalue weighted by atomic mass is 10.0. The fourth-order valence-electron chi connectivity index (χ4n) is 4.49. The van der Waals surface area contributed by atoms with Crippen molar-refractivity contribution in [2.45, 2.75) is 24.8 Å². The van der Waals surface area contributed by atoms with Crippen LogP contribution in [0.1, 0.15) is 52.2 Å². The topological polar surface area (TPSA) is 95.1 Å². The van der Waals surface area contributed by atoms with Crippen LogP contribution in [-0.4, -0.2) is 32.7 Å². The van der Waals surface area contributed by atoms with Crippen molar-refractivity contribution in [2.24, 2.45) is 7.05 Å². The smallest absolute Gasteiger partial charge is 0.259 e. The molecule has 1 aliphatic rings. The first-order chi connectivity index (χ1) is 17.6. The van der Waals surface area contributed by atoms with E-state index in [4.69, 9.17) is 14.2 Å². The van der Waals surface area contributed by atoms with Crippen molar-refractivity contribution in [3.05, 3.63) is 95.7 Å². The number of carbonyl (C=O) groups excluding carboxylic acids is 1. The van der Waals surface area contributed by atoms with E-state index in [0.717, 1.165) is 41.2 Å². The summed E-state index contributed by atoms with van der Waals surface area (Å²) in [5, 5.41) is 8.13. The van der Waals surface area contributed by atoms with Crippen LogP contribution >= 0.6 is 0 Å². The molecule has 1 amide bonds.